The van der Waals surface area contributed by atoms with E-state index in [0.29, 0.717) is 25.7 Å². The molecule has 0 aliphatic heterocycles. The van der Waals surface area contributed by atoms with Gasteiger partial charge in [0, 0.05) is 25.7 Å². The van der Waals surface area contributed by atoms with Crippen LogP contribution in [0.3, 0.4) is 0 Å². The van der Waals surface area contributed by atoms with Gasteiger partial charge >= 0.3 is 39.5 Å². The molecule has 5 atom stereocenters. The van der Waals surface area contributed by atoms with Gasteiger partial charge in [0.15, 0.2) is 12.2 Å². The summed E-state index contributed by atoms with van der Waals surface area (Å²) in [6.45, 7) is 4.89. The molecule has 99 heavy (non-hydrogen) atoms. The zero-order valence-electron chi connectivity index (χ0n) is 63.4. The number of carbonyl (C=O) groups is 4. The molecule has 0 spiro atoms. The third-order valence-corrected chi connectivity index (χ3v) is 19.4. The molecule has 3 N–H and O–H groups in total. The predicted octanol–water partition coefficient (Wildman–Crippen LogP) is 23.3. The maximum absolute atomic E-state index is 13.1. The second-order valence-corrected chi connectivity index (χ2v) is 30.3. The molecule has 3 unspecified atom stereocenters. The lowest BCUT2D eigenvalue weighted by atomic mass is 10.1. The summed E-state index contributed by atoms with van der Waals surface area (Å²) in [5.74, 6) is -2.18. The highest BCUT2D eigenvalue weighted by Gasteiger charge is 2.30. The molecule has 0 bridgehead atoms. The van der Waals surface area contributed by atoms with Crippen LogP contribution < -0.4 is 0 Å². The van der Waals surface area contributed by atoms with Gasteiger partial charge in [-0.3, -0.25) is 37.3 Å². The highest BCUT2D eigenvalue weighted by Crippen LogP contribution is 2.45. The van der Waals surface area contributed by atoms with Gasteiger partial charge in [0.25, 0.3) is 0 Å². The fourth-order valence-corrected chi connectivity index (χ4v) is 12.8. The van der Waals surface area contributed by atoms with Gasteiger partial charge in [0.2, 0.25) is 0 Å². The first kappa shape index (κ1) is 96.0. The zero-order chi connectivity index (χ0) is 72.5. The second-order valence-electron chi connectivity index (χ2n) is 27.3. The summed E-state index contributed by atoms with van der Waals surface area (Å²) >= 11 is 0. The number of carbonyl (C=O) groups excluding carboxylic acids is 4. The molecule has 0 aromatic heterocycles. The van der Waals surface area contributed by atoms with Crippen molar-refractivity contribution in [1.82, 2.24) is 0 Å². The molecule has 0 radical (unpaired) electrons. The molecule has 0 saturated carbocycles. The summed E-state index contributed by atoms with van der Waals surface area (Å²) in [4.78, 5) is 73.0. The lowest BCUT2D eigenvalue weighted by molar-refractivity contribution is -0.161. The van der Waals surface area contributed by atoms with E-state index in [1.807, 2.05) is 0 Å². The van der Waals surface area contributed by atoms with Gasteiger partial charge < -0.3 is 33.8 Å². The average Bonchev–Trinajstić information content (AvgIpc) is 0.983. The van der Waals surface area contributed by atoms with Crippen LogP contribution in [0, 0.1) is 0 Å². The second kappa shape index (κ2) is 73.3. The molecule has 580 valence electrons. The van der Waals surface area contributed by atoms with E-state index in [0.717, 1.165) is 154 Å². The van der Waals surface area contributed by atoms with Crippen LogP contribution in [0.25, 0.3) is 0 Å². The van der Waals surface area contributed by atoms with Crippen LogP contribution in [0.15, 0.2) is 48.6 Å². The van der Waals surface area contributed by atoms with Crippen LogP contribution in [0.5, 0.6) is 0 Å². The summed E-state index contributed by atoms with van der Waals surface area (Å²) in [6.07, 6.45) is 70.8. The van der Waals surface area contributed by atoms with Crippen LogP contribution in [-0.2, 0) is 65.4 Å². The number of rotatable bonds is 77. The largest absolute Gasteiger partial charge is 0.472 e. The number of phosphoric acid groups is 2. The first-order valence-electron chi connectivity index (χ1n) is 40.4. The van der Waals surface area contributed by atoms with Crippen molar-refractivity contribution in [3.63, 3.8) is 0 Å². The Kier molecular flexibility index (Phi) is 71.1. The third-order valence-electron chi connectivity index (χ3n) is 17.5. The van der Waals surface area contributed by atoms with Gasteiger partial charge in [-0.05, 0) is 128 Å². The molecular formula is C80H148O17P2. The molecule has 0 aliphatic carbocycles. The summed E-state index contributed by atoms with van der Waals surface area (Å²) in [5, 5.41) is 10.6. The van der Waals surface area contributed by atoms with Crippen molar-refractivity contribution in [1.29, 1.82) is 0 Å². The first-order chi connectivity index (χ1) is 48.2. The number of aliphatic hydroxyl groups is 1. The van der Waals surface area contributed by atoms with E-state index in [4.69, 9.17) is 37.0 Å². The van der Waals surface area contributed by atoms with Crippen LogP contribution in [0.2, 0.25) is 0 Å². The third kappa shape index (κ3) is 73.1. The Bertz CT molecular complexity index is 2070. The molecule has 0 heterocycles. The molecule has 0 rings (SSSR count). The van der Waals surface area contributed by atoms with Gasteiger partial charge in [-0.25, -0.2) is 9.13 Å². The molecule has 0 saturated heterocycles. The minimum absolute atomic E-state index is 0.0883. The highest BCUT2D eigenvalue weighted by atomic mass is 31.2. The van der Waals surface area contributed by atoms with Crippen LogP contribution in [-0.4, -0.2) is 96.7 Å². The Hall–Kier alpha value is -2.98. The molecule has 0 aliphatic rings. The topological polar surface area (TPSA) is 237 Å². The number of allylic oxidation sites excluding steroid dienone is 8. The van der Waals surface area contributed by atoms with Crippen LogP contribution >= 0.6 is 15.6 Å². The quantitative estimate of drug-likeness (QED) is 0.0169. The number of hydrogen-bond acceptors (Lipinski definition) is 15. The fourth-order valence-electron chi connectivity index (χ4n) is 11.3. The van der Waals surface area contributed by atoms with Gasteiger partial charge in [0.05, 0.1) is 26.4 Å². The minimum atomic E-state index is -4.97. The van der Waals surface area contributed by atoms with E-state index >= 15 is 0 Å². The lowest BCUT2D eigenvalue weighted by Crippen LogP contribution is -2.30. The Morgan fingerprint density at radius 3 is 0.697 bits per heavy atom. The number of esters is 4. The first-order valence-corrected chi connectivity index (χ1v) is 43.4. The van der Waals surface area contributed by atoms with E-state index < -0.39 is 97.5 Å². The number of ether oxygens (including phenoxy) is 4. The van der Waals surface area contributed by atoms with Crippen molar-refractivity contribution in [2.45, 2.75) is 399 Å². The molecule has 0 fully saturated rings. The van der Waals surface area contributed by atoms with Gasteiger partial charge in [0.1, 0.15) is 19.3 Å². The monoisotopic (exact) mass is 1440 g/mol. The SMILES string of the molecule is CCCCCCC/C=C/CCCCCCCC(=O)OC[C@H](COP(=O)(O)OCC(O)COP(=O)(O)OC[C@@H](COC(=O)CCCCCCC/C=C/CCCCCCCC)OC(=O)CCCCCCC/C=C\CCCCCCCC)OC(=O)CCCCCCC/C=C/CCCCCCCC. The van der Waals surface area contributed by atoms with Gasteiger partial charge in [-0.15, -0.1) is 0 Å². The van der Waals surface area contributed by atoms with Gasteiger partial charge in [-0.1, -0.05) is 275 Å². The number of aliphatic hydroxyl groups excluding tert-OH is 1. The smallest absolute Gasteiger partial charge is 0.462 e. The van der Waals surface area contributed by atoms with Crippen molar-refractivity contribution in [2.24, 2.45) is 0 Å². The maximum atomic E-state index is 13.1. The van der Waals surface area contributed by atoms with E-state index in [1.54, 1.807) is 0 Å². The molecule has 0 aromatic carbocycles. The van der Waals surface area contributed by atoms with Crippen molar-refractivity contribution >= 4 is 39.5 Å². The lowest BCUT2D eigenvalue weighted by Gasteiger charge is -2.21. The molecular weight excluding hydrogens is 1290 g/mol. The van der Waals surface area contributed by atoms with Crippen molar-refractivity contribution < 1.29 is 80.2 Å². The molecule has 19 heteroatoms. The Morgan fingerprint density at radius 1 is 0.273 bits per heavy atom. The Labute approximate surface area is 604 Å². The summed E-state index contributed by atoms with van der Waals surface area (Å²) in [6, 6.07) is 0. The van der Waals surface area contributed by atoms with E-state index in [2.05, 4.69) is 76.3 Å². The fraction of sp³-hybridized carbons (Fsp3) is 0.850. The number of hydrogen-bond donors (Lipinski definition) is 3. The highest BCUT2D eigenvalue weighted by molar-refractivity contribution is 7.47. The summed E-state index contributed by atoms with van der Waals surface area (Å²) in [5.41, 5.74) is 0. The van der Waals surface area contributed by atoms with Crippen LogP contribution in [0.1, 0.15) is 381 Å². The normalized spacial score (nSPS) is 14.1. The zero-order valence-corrected chi connectivity index (χ0v) is 65.2. The van der Waals surface area contributed by atoms with Crippen molar-refractivity contribution in [3.8, 4) is 0 Å². The molecule has 17 nitrogen and oxygen atoms in total. The van der Waals surface area contributed by atoms with Crippen LogP contribution in [0.4, 0.5) is 0 Å². The van der Waals surface area contributed by atoms with E-state index in [-0.39, 0.29) is 25.7 Å². The average molecular weight is 1440 g/mol. The summed E-state index contributed by atoms with van der Waals surface area (Å²) in [7, 11) is -9.94. The van der Waals surface area contributed by atoms with Crippen molar-refractivity contribution in [2.75, 3.05) is 39.6 Å². The number of unbranched alkanes of at least 4 members (excludes halogenated alkanes) is 43. The standard InChI is InChI=1S/C80H148O17P2/c1-5-9-13-17-21-25-29-33-37-41-45-49-53-57-61-65-78(83)91-71-76(97-80(85)67-63-59-55-51-47-43-39-35-31-27-23-19-15-11-7-3)73-95-99(88,89)93-69-74(81)68-92-98(86,87)94-72-75(70-90-77(82)64-60-56-52-48-44-40-36-32-28-24-20-16-12-8-4)96-79(84)66-62-58-54-50-46-42-38-34-30-26-22-18-14-10-6-2/h32-39,74-76,81H,5-31,40-73H2,1-4H3,(H,86,87)(H,88,89)/b36-32+,37-33+,38-34+,39-35-/t74?,75-,76-/m1/s1. The Balaban J connectivity index is 5.34. The molecule has 0 aromatic rings. The van der Waals surface area contributed by atoms with Crippen molar-refractivity contribution in [3.05, 3.63) is 48.6 Å². The maximum Gasteiger partial charge on any atom is 0.472 e. The Morgan fingerprint density at radius 2 is 0.465 bits per heavy atom. The van der Waals surface area contributed by atoms with E-state index in [9.17, 15) is 43.2 Å². The number of phosphoric ester groups is 2. The predicted molar refractivity (Wildman–Crippen MR) is 404 cm³/mol. The molecule has 0 amide bonds. The minimum Gasteiger partial charge on any atom is -0.462 e. The van der Waals surface area contributed by atoms with Gasteiger partial charge in [-0.2, -0.15) is 0 Å². The summed E-state index contributed by atoms with van der Waals surface area (Å²) < 4.78 is 68.6. The van der Waals surface area contributed by atoms with E-state index in [1.165, 1.54) is 148 Å².